The van der Waals surface area contributed by atoms with Crippen molar-refractivity contribution in [2.24, 2.45) is 0 Å². The van der Waals surface area contributed by atoms with E-state index in [1.807, 2.05) is 7.05 Å². The van der Waals surface area contributed by atoms with Crippen LogP contribution in [0.5, 0.6) is 0 Å². The fourth-order valence-corrected chi connectivity index (χ4v) is 1.09. The van der Waals surface area contributed by atoms with Gasteiger partial charge in [-0.15, -0.1) is 0 Å². The summed E-state index contributed by atoms with van der Waals surface area (Å²) in [5, 5.41) is 2.99. The normalized spacial score (nSPS) is 11.0. The highest BCUT2D eigenvalue weighted by Gasteiger charge is 1.92. The van der Waals surface area contributed by atoms with Gasteiger partial charge in [-0.25, -0.2) is 0 Å². The van der Waals surface area contributed by atoms with Crippen molar-refractivity contribution in [2.45, 2.75) is 6.42 Å². The van der Waals surface area contributed by atoms with Crippen molar-refractivity contribution in [1.29, 1.82) is 0 Å². The van der Waals surface area contributed by atoms with Crippen molar-refractivity contribution in [3.8, 4) is 0 Å². The largest absolute Gasteiger partial charge is 0.379 e. The smallest absolute Gasteiger partial charge is 0.0916 e. The van der Waals surface area contributed by atoms with Crippen LogP contribution in [0.2, 0.25) is 0 Å². The molecule has 0 aliphatic heterocycles. The quantitative estimate of drug-likeness (QED) is 0.441. The minimum Gasteiger partial charge on any atom is -0.379 e. The Hall–Kier alpha value is -0.270. The van der Waals surface area contributed by atoms with Crippen LogP contribution in [0.4, 0.5) is 4.39 Å². The van der Waals surface area contributed by atoms with Gasteiger partial charge < -0.3 is 24.3 Å². The Morgan fingerprint density at radius 3 is 1.61 bits per heavy atom. The molecule has 110 valence electrons. The number of nitrogens with one attached hydrogen (secondary N) is 1. The highest BCUT2D eigenvalue weighted by molar-refractivity contribution is 4.37. The van der Waals surface area contributed by atoms with Crippen LogP contribution in [0.1, 0.15) is 6.42 Å². The third-order valence-corrected chi connectivity index (χ3v) is 2.03. The number of rotatable bonds is 15. The van der Waals surface area contributed by atoms with Crippen molar-refractivity contribution in [3.63, 3.8) is 0 Å². The zero-order chi connectivity index (χ0) is 13.3. The Bertz CT molecular complexity index is 136. The third kappa shape index (κ3) is 15.7. The molecule has 0 aliphatic rings. The van der Waals surface area contributed by atoms with E-state index in [0.717, 1.165) is 6.54 Å². The van der Waals surface area contributed by atoms with Crippen molar-refractivity contribution in [3.05, 3.63) is 0 Å². The fraction of sp³-hybridized carbons (Fsp3) is 1.00. The molecule has 0 fully saturated rings. The lowest BCUT2D eigenvalue weighted by atomic mass is 10.5. The summed E-state index contributed by atoms with van der Waals surface area (Å²) in [6, 6.07) is 0. The van der Waals surface area contributed by atoms with E-state index in [0.29, 0.717) is 59.3 Å². The molecule has 0 heterocycles. The predicted molar refractivity (Wildman–Crippen MR) is 67.8 cm³/mol. The molecule has 0 radical (unpaired) electrons. The second-order valence-corrected chi connectivity index (χ2v) is 3.60. The number of likely N-dealkylation sites (N-methyl/N-ethyl adjacent to an activating group) is 1. The van der Waals surface area contributed by atoms with E-state index in [2.05, 4.69) is 5.32 Å². The lowest BCUT2D eigenvalue weighted by Crippen LogP contribution is -2.17. The molecule has 0 amide bonds. The van der Waals surface area contributed by atoms with Crippen LogP contribution in [-0.4, -0.2) is 73.1 Å². The van der Waals surface area contributed by atoms with Gasteiger partial charge in [0.1, 0.15) is 0 Å². The van der Waals surface area contributed by atoms with Crippen molar-refractivity contribution >= 4 is 0 Å². The van der Waals surface area contributed by atoms with Gasteiger partial charge >= 0.3 is 0 Å². The number of hydrogen-bond donors (Lipinski definition) is 1. The Morgan fingerprint density at radius 2 is 1.17 bits per heavy atom. The maximum absolute atomic E-state index is 11.7. The Morgan fingerprint density at radius 1 is 0.722 bits per heavy atom. The van der Waals surface area contributed by atoms with Crippen molar-refractivity contribution < 1.29 is 23.3 Å². The molecular formula is C12H26FNO4. The van der Waals surface area contributed by atoms with Gasteiger partial charge in [-0.3, -0.25) is 4.39 Å². The molecule has 0 saturated heterocycles. The average Bonchev–Trinajstić information content (AvgIpc) is 2.39. The summed E-state index contributed by atoms with van der Waals surface area (Å²) in [4.78, 5) is 0. The van der Waals surface area contributed by atoms with Gasteiger partial charge in [0.05, 0.1) is 52.9 Å². The number of halogens is 1. The summed E-state index contributed by atoms with van der Waals surface area (Å²) in [5.74, 6) is 0. The molecule has 0 aliphatic carbocycles. The molecule has 6 heteroatoms. The molecule has 0 bridgehead atoms. The summed E-state index contributed by atoms with van der Waals surface area (Å²) in [6.45, 7) is 5.00. The van der Waals surface area contributed by atoms with Gasteiger partial charge in [0.25, 0.3) is 0 Å². The van der Waals surface area contributed by atoms with Crippen molar-refractivity contribution in [2.75, 3.05) is 73.1 Å². The third-order valence-electron chi connectivity index (χ3n) is 2.03. The Labute approximate surface area is 109 Å². The van der Waals surface area contributed by atoms with E-state index >= 15 is 0 Å². The average molecular weight is 267 g/mol. The summed E-state index contributed by atoms with van der Waals surface area (Å²) in [5.41, 5.74) is 0. The molecule has 0 aromatic heterocycles. The SMILES string of the molecule is CNCCOCCOCCOCCOCCCF. The molecular weight excluding hydrogens is 241 g/mol. The molecule has 5 nitrogen and oxygen atoms in total. The van der Waals surface area contributed by atoms with Crippen LogP contribution in [0.15, 0.2) is 0 Å². The van der Waals surface area contributed by atoms with E-state index in [9.17, 15) is 4.39 Å². The van der Waals surface area contributed by atoms with Crippen LogP contribution >= 0.6 is 0 Å². The minimum atomic E-state index is -0.328. The van der Waals surface area contributed by atoms with E-state index in [1.165, 1.54) is 0 Å². The Balaban J connectivity index is 2.86. The van der Waals surface area contributed by atoms with E-state index in [4.69, 9.17) is 18.9 Å². The van der Waals surface area contributed by atoms with Gasteiger partial charge in [0, 0.05) is 13.2 Å². The molecule has 0 atom stereocenters. The summed E-state index contributed by atoms with van der Waals surface area (Å²) < 4.78 is 32.7. The molecule has 1 N–H and O–H groups in total. The van der Waals surface area contributed by atoms with Crippen LogP contribution in [0.25, 0.3) is 0 Å². The maximum Gasteiger partial charge on any atom is 0.0916 e. The first-order valence-corrected chi connectivity index (χ1v) is 6.43. The van der Waals surface area contributed by atoms with E-state index in [1.54, 1.807) is 0 Å². The highest BCUT2D eigenvalue weighted by atomic mass is 19.1. The van der Waals surface area contributed by atoms with Crippen LogP contribution in [-0.2, 0) is 18.9 Å². The molecule has 0 unspecified atom stereocenters. The fourth-order valence-electron chi connectivity index (χ4n) is 1.09. The number of hydrogen-bond acceptors (Lipinski definition) is 5. The lowest BCUT2D eigenvalue weighted by molar-refractivity contribution is -0.00190. The summed E-state index contributed by atoms with van der Waals surface area (Å²) in [6.07, 6.45) is 0.455. The zero-order valence-corrected chi connectivity index (χ0v) is 11.3. The lowest BCUT2D eigenvalue weighted by Gasteiger charge is -2.07. The minimum absolute atomic E-state index is 0.328. The first-order chi connectivity index (χ1) is 8.91. The molecule has 0 aromatic carbocycles. The zero-order valence-electron chi connectivity index (χ0n) is 11.3. The van der Waals surface area contributed by atoms with Crippen LogP contribution in [0.3, 0.4) is 0 Å². The van der Waals surface area contributed by atoms with E-state index < -0.39 is 0 Å². The van der Waals surface area contributed by atoms with Crippen LogP contribution < -0.4 is 5.32 Å². The second kappa shape index (κ2) is 16.7. The summed E-state index contributed by atoms with van der Waals surface area (Å²) in [7, 11) is 1.89. The molecule has 0 aromatic rings. The van der Waals surface area contributed by atoms with Crippen molar-refractivity contribution in [1.82, 2.24) is 5.32 Å². The monoisotopic (exact) mass is 267 g/mol. The van der Waals surface area contributed by atoms with Gasteiger partial charge in [-0.1, -0.05) is 0 Å². The van der Waals surface area contributed by atoms with E-state index in [-0.39, 0.29) is 6.67 Å². The van der Waals surface area contributed by atoms with Gasteiger partial charge in [0.15, 0.2) is 0 Å². The molecule has 0 rings (SSSR count). The molecule has 18 heavy (non-hydrogen) atoms. The first-order valence-electron chi connectivity index (χ1n) is 6.43. The van der Waals surface area contributed by atoms with Gasteiger partial charge in [0.2, 0.25) is 0 Å². The maximum atomic E-state index is 11.7. The number of alkyl halides is 1. The number of ether oxygens (including phenoxy) is 4. The molecule has 0 spiro atoms. The first kappa shape index (κ1) is 17.7. The standard InChI is InChI=1S/C12H26FNO4/c1-14-4-6-16-8-10-18-12-11-17-9-7-15-5-2-3-13/h14H,2-12H2,1H3. The molecule has 0 saturated carbocycles. The van der Waals surface area contributed by atoms with Crippen LogP contribution in [0, 0.1) is 0 Å². The predicted octanol–water partition coefficient (Wildman–Crippen LogP) is 0.632. The highest BCUT2D eigenvalue weighted by Crippen LogP contribution is 1.85. The van der Waals surface area contributed by atoms with Gasteiger partial charge in [-0.05, 0) is 13.5 Å². The van der Waals surface area contributed by atoms with Gasteiger partial charge in [-0.2, -0.15) is 0 Å². The topological polar surface area (TPSA) is 49.0 Å². The second-order valence-electron chi connectivity index (χ2n) is 3.60. The summed E-state index contributed by atoms with van der Waals surface area (Å²) >= 11 is 0. The Kier molecular flexibility index (Phi) is 16.5.